The lowest BCUT2D eigenvalue weighted by Crippen LogP contribution is -2.48. The van der Waals surface area contributed by atoms with E-state index in [4.69, 9.17) is 4.74 Å². The van der Waals surface area contributed by atoms with Crippen LogP contribution in [-0.4, -0.2) is 74.6 Å². The summed E-state index contributed by atoms with van der Waals surface area (Å²) in [6.45, 7) is 8.26. The Morgan fingerprint density at radius 3 is 2.43 bits per heavy atom. The molecular weight excluding hydrogens is 404 g/mol. The Morgan fingerprint density at radius 1 is 1.20 bits per heavy atom. The van der Waals surface area contributed by atoms with Crippen LogP contribution in [0, 0.1) is 0 Å². The number of carbonyl (C=O) groups is 1. The number of amides is 1. The molecule has 1 amide bonds. The normalized spacial score (nSPS) is 26.4. The van der Waals surface area contributed by atoms with E-state index in [0.29, 0.717) is 44.1 Å². The molecule has 0 bridgehead atoms. The van der Waals surface area contributed by atoms with E-state index in [1.54, 1.807) is 0 Å². The minimum atomic E-state index is -2.94. The summed E-state index contributed by atoms with van der Waals surface area (Å²) in [6, 6.07) is 7.39. The Labute approximate surface area is 179 Å². The molecule has 0 radical (unpaired) electrons. The van der Waals surface area contributed by atoms with Gasteiger partial charge in [-0.05, 0) is 44.9 Å². The van der Waals surface area contributed by atoms with Crippen molar-refractivity contribution in [2.45, 2.75) is 52.0 Å². The molecule has 3 rings (SSSR count). The average molecular weight is 437 g/mol. The third-order valence-corrected chi connectivity index (χ3v) is 7.01. The zero-order valence-corrected chi connectivity index (χ0v) is 18.7. The van der Waals surface area contributed by atoms with Crippen LogP contribution in [0.5, 0.6) is 0 Å². The number of ether oxygens (including phenoxy) is 1. The number of guanidine groups is 1. The van der Waals surface area contributed by atoms with Crippen molar-refractivity contribution in [3.8, 4) is 0 Å². The van der Waals surface area contributed by atoms with Crippen LogP contribution in [0.3, 0.4) is 0 Å². The van der Waals surface area contributed by atoms with Crippen molar-refractivity contribution in [2.24, 2.45) is 4.99 Å². The van der Waals surface area contributed by atoms with Gasteiger partial charge in [0.25, 0.3) is 5.91 Å². The number of carbonyl (C=O) groups excluding carboxylic acids is 1. The molecule has 9 heteroatoms. The Kier molecular flexibility index (Phi) is 7.36. The van der Waals surface area contributed by atoms with Crippen LogP contribution in [0.15, 0.2) is 29.3 Å². The van der Waals surface area contributed by atoms with E-state index in [1.165, 1.54) is 0 Å². The van der Waals surface area contributed by atoms with E-state index in [-0.39, 0.29) is 35.7 Å². The molecule has 2 saturated heterocycles. The molecule has 2 aliphatic rings. The first kappa shape index (κ1) is 22.6. The Bertz CT molecular complexity index is 859. The van der Waals surface area contributed by atoms with Gasteiger partial charge in [0.05, 0.1) is 30.3 Å². The summed E-state index contributed by atoms with van der Waals surface area (Å²) < 4.78 is 29.0. The molecule has 166 valence electrons. The van der Waals surface area contributed by atoms with Crippen molar-refractivity contribution in [3.05, 3.63) is 35.4 Å². The van der Waals surface area contributed by atoms with E-state index < -0.39 is 9.84 Å². The average Bonchev–Trinajstić information content (AvgIpc) is 3.03. The van der Waals surface area contributed by atoms with Crippen LogP contribution < -0.4 is 10.6 Å². The SMILES string of the molecule is CCNC(=NCc1ccc(C(=O)N2CC(C)OC(C)C2)cc1)NC1CCS(=O)(=O)C1. The summed E-state index contributed by atoms with van der Waals surface area (Å²) in [7, 11) is -2.94. The second-order valence-electron chi connectivity index (χ2n) is 8.10. The van der Waals surface area contributed by atoms with Gasteiger partial charge in [-0.3, -0.25) is 4.79 Å². The Morgan fingerprint density at radius 2 is 1.87 bits per heavy atom. The van der Waals surface area contributed by atoms with Gasteiger partial charge in [-0.1, -0.05) is 12.1 Å². The molecular formula is C21H32N4O4S. The molecule has 2 fully saturated rings. The number of nitrogens with one attached hydrogen (secondary N) is 2. The van der Waals surface area contributed by atoms with Gasteiger partial charge in [0.15, 0.2) is 15.8 Å². The van der Waals surface area contributed by atoms with E-state index in [2.05, 4.69) is 15.6 Å². The summed E-state index contributed by atoms with van der Waals surface area (Å²) in [6.07, 6.45) is 0.679. The fourth-order valence-electron chi connectivity index (χ4n) is 3.87. The first-order valence-corrected chi connectivity index (χ1v) is 12.4. The Balaban J connectivity index is 1.60. The summed E-state index contributed by atoms with van der Waals surface area (Å²) >= 11 is 0. The molecule has 8 nitrogen and oxygen atoms in total. The number of benzene rings is 1. The highest BCUT2D eigenvalue weighted by molar-refractivity contribution is 7.91. The van der Waals surface area contributed by atoms with Crippen molar-refractivity contribution >= 4 is 21.7 Å². The summed E-state index contributed by atoms with van der Waals surface area (Å²) in [4.78, 5) is 19.2. The van der Waals surface area contributed by atoms with E-state index in [9.17, 15) is 13.2 Å². The van der Waals surface area contributed by atoms with Crippen LogP contribution in [-0.2, 0) is 21.1 Å². The molecule has 0 spiro atoms. The predicted octanol–water partition coefficient (Wildman–Crippen LogP) is 1.18. The third-order valence-electron chi connectivity index (χ3n) is 5.24. The number of rotatable bonds is 5. The standard InChI is InChI=1S/C21H32N4O4S/c1-4-22-21(24-19-9-10-30(27,28)14-19)23-11-17-5-7-18(8-6-17)20(26)25-12-15(2)29-16(3)13-25/h5-8,15-16,19H,4,9-14H2,1-3H3,(H2,22,23,24). The second-order valence-corrected chi connectivity index (χ2v) is 10.3. The minimum absolute atomic E-state index is 0.0181. The highest BCUT2D eigenvalue weighted by atomic mass is 32.2. The van der Waals surface area contributed by atoms with Gasteiger partial charge in [0.1, 0.15) is 0 Å². The molecule has 30 heavy (non-hydrogen) atoms. The van der Waals surface area contributed by atoms with Crippen LogP contribution in [0.2, 0.25) is 0 Å². The molecule has 1 aromatic rings. The molecule has 2 heterocycles. The number of hydrogen-bond acceptors (Lipinski definition) is 5. The highest BCUT2D eigenvalue weighted by Crippen LogP contribution is 2.15. The monoisotopic (exact) mass is 436 g/mol. The van der Waals surface area contributed by atoms with Crippen LogP contribution >= 0.6 is 0 Å². The van der Waals surface area contributed by atoms with Gasteiger partial charge in [-0.25, -0.2) is 13.4 Å². The molecule has 1 aromatic carbocycles. The van der Waals surface area contributed by atoms with Gasteiger partial charge < -0.3 is 20.3 Å². The lowest BCUT2D eigenvalue weighted by atomic mass is 10.1. The molecule has 0 saturated carbocycles. The highest BCUT2D eigenvalue weighted by Gasteiger charge is 2.28. The number of nitrogens with zero attached hydrogens (tertiary/aromatic N) is 2. The van der Waals surface area contributed by atoms with Gasteiger partial charge in [0.2, 0.25) is 0 Å². The summed E-state index contributed by atoms with van der Waals surface area (Å²) in [5.74, 6) is 0.994. The van der Waals surface area contributed by atoms with Gasteiger partial charge in [0, 0.05) is 31.2 Å². The largest absolute Gasteiger partial charge is 0.372 e. The zero-order valence-electron chi connectivity index (χ0n) is 17.9. The van der Waals surface area contributed by atoms with Crippen LogP contribution in [0.25, 0.3) is 0 Å². The molecule has 2 aliphatic heterocycles. The smallest absolute Gasteiger partial charge is 0.254 e. The maximum atomic E-state index is 12.8. The molecule has 2 N–H and O–H groups in total. The molecule has 3 unspecified atom stereocenters. The third kappa shape index (κ3) is 6.18. The molecule has 0 aromatic heterocycles. The number of hydrogen-bond donors (Lipinski definition) is 2. The summed E-state index contributed by atoms with van der Waals surface area (Å²) in [5.41, 5.74) is 1.64. The predicted molar refractivity (Wildman–Crippen MR) is 117 cm³/mol. The lowest BCUT2D eigenvalue weighted by molar-refractivity contribution is -0.0586. The Hall–Kier alpha value is -2.13. The zero-order chi connectivity index (χ0) is 21.7. The van der Waals surface area contributed by atoms with Gasteiger partial charge in [-0.15, -0.1) is 0 Å². The first-order valence-electron chi connectivity index (χ1n) is 10.5. The van der Waals surface area contributed by atoms with Crippen molar-refractivity contribution in [2.75, 3.05) is 31.1 Å². The van der Waals surface area contributed by atoms with E-state index >= 15 is 0 Å². The van der Waals surface area contributed by atoms with Gasteiger partial charge >= 0.3 is 0 Å². The number of sulfone groups is 1. The second kappa shape index (κ2) is 9.78. The molecule has 3 atom stereocenters. The summed E-state index contributed by atoms with van der Waals surface area (Å²) in [5, 5.41) is 6.37. The van der Waals surface area contributed by atoms with Crippen molar-refractivity contribution in [1.82, 2.24) is 15.5 Å². The van der Waals surface area contributed by atoms with E-state index in [0.717, 1.165) is 5.56 Å². The van der Waals surface area contributed by atoms with Crippen molar-refractivity contribution in [1.29, 1.82) is 0 Å². The minimum Gasteiger partial charge on any atom is -0.372 e. The molecule has 0 aliphatic carbocycles. The fraction of sp³-hybridized carbons (Fsp3) is 0.619. The lowest BCUT2D eigenvalue weighted by Gasteiger charge is -2.35. The number of aliphatic imine (C=N–C) groups is 1. The number of morpholine rings is 1. The van der Waals surface area contributed by atoms with Crippen LogP contribution in [0.4, 0.5) is 0 Å². The van der Waals surface area contributed by atoms with Crippen molar-refractivity contribution in [3.63, 3.8) is 0 Å². The maximum Gasteiger partial charge on any atom is 0.254 e. The van der Waals surface area contributed by atoms with E-state index in [1.807, 2.05) is 49.9 Å². The van der Waals surface area contributed by atoms with Gasteiger partial charge in [-0.2, -0.15) is 0 Å². The fourth-order valence-corrected chi connectivity index (χ4v) is 5.54. The quantitative estimate of drug-likeness (QED) is 0.531. The van der Waals surface area contributed by atoms with Crippen LogP contribution in [0.1, 0.15) is 43.1 Å². The topological polar surface area (TPSA) is 100 Å². The van der Waals surface area contributed by atoms with Crippen molar-refractivity contribution < 1.29 is 17.9 Å². The first-order chi connectivity index (χ1) is 14.3. The maximum absolute atomic E-state index is 12.8.